The SMILES string of the molecule is [C-]#[N+]c1nc(C)cc(C2CC2)n1. The molecule has 60 valence electrons. The van der Waals surface area contributed by atoms with Gasteiger partial charge in [0.1, 0.15) is 5.69 Å². The van der Waals surface area contributed by atoms with Gasteiger partial charge in [-0.1, -0.05) is 0 Å². The van der Waals surface area contributed by atoms with Gasteiger partial charge < -0.3 is 4.85 Å². The van der Waals surface area contributed by atoms with E-state index in [0.717, 1.165) is 11.4 Å². The van der Waals surface area contributed by atoms with Crippen molar-refractivity contribution in [2.75, 3.05) is 0 Å². The van der Waals surface area contributed by atoms with Crippen LogP contribution >= 0.6 is 0 Å². The number of hydrogen-bond donors (Lipinski definition) is 0. The summed E-state index contributed by atoms with van der Waals surface area (Å²) in [6, 6.07) is 1.98. The van der Waals surface area contributed by atoms with Crippen LogP contribution in [0.25, 0.3) is 4.85 Å². The molecule has 1 saturated carbocycles. The van der Waals surface area contributed by atoms with Gasteiger partial charge in [-0.3, -0.25) is 0 Å². The Hall–Kier alpha value is -1.43. The molecule has 3 nitrogen and oxygen atoms in total. The van der Waals surface area contributed by atoms with Gasteiger partial charge in [0.15, 0.2) is 0 Å². The average Bonchev–Trinajstić information content (AvgIpc) is 2.85. The Bertz CT molecular complexity index is 347. The molecule has 0 radical (unpaired) electrons. The highest BCUT2D eigenvalue weighted by atomic mass is 15.0. The van der Waals surface area contributed by atoms with Crippen molar-refractivity contribution >= 4 is 5.95 Å². The summed E-state index contributed by atoms with van der Waals surface area (Å²) in [5.41, 5.74) is 1.95. The Balaban J connectivity index is 2.43. The van der Waals surface area contributed by atoms with Crippen molar-refractivity contribution in [3.8, 4) is 0 Å². The number of aromatic nitrogens is 2. The van der Waals surface area contributed by atoms with E-state index in [2.05, 4.69) is 14.8 Å². The first-order chi connectivity index (χ1) is 5.79. The summed E-state index contributed by atoms with van der Waals surface area (Å²) >= 11 is 0. The van der Waals surface area contributed by atoms with Crippen LogP contribution in [0, 0.1) is 13.5 Å². The van der Waals surface area contributed by atoms with Gasteiger partial charge in [-0.2, -0.15) is 9.97 Å². The first-order valence-corrected chi connectivity index (χ1v) is 4.02. The molecule has 1 fully saturated rings. The second kappa shape index (κ2) is 2.56. The van der Waals surface area contributed by atoms with E-state index in [1.807, 2.05) is 13.0 Å². The summed E-state index contributed by atoms with van der Waals surface area (Å²) in [4.78, 5) is 11.4. The highest BCUT2D eigenvalue weighted by Crippen LogP contribution is 2.39. The molecule has 0 aromatic carbocycles. The van der Waals surface area contributed by atoms with Gasteiger partial charge in [-0.05, 0) is 19.8 Å². The summed E-state index contributed by atoms with van der Waals surface area (Å²) in [7, 11) is 0. The van der Waals surface area contributed by atoms with Gasteiger partial charge in [0, 0.05) is 12.0 Å². The third kappa shape index (κ3) is 1.28. The van der Waals surface area contributed by atoms with Crippen LogP contribution in [-0.2, 0) is 0 Å². The van der Waals surface area contributed by atoms with Crippen LogP contribution in [-0.4, -0.2) is 9.97 Å². The normalized spacial score (nSPS) is 15.7. The van der Waals surface area contributed by atoms with Crippen LogP contribution in [0.3, 0.4) is 0 Å². The van der Waals surface area contributed by atoms with E-state index >= 15 is 0 Å². The molecule has 0 spiro atoms. The fourth-order valence-corrected chi connectivity index (χ4v) is 1.22. The van der Waals surface area contributed by atoms with Crippen LogP contribution in [0.1, 0.15) is 30.1 Å². The van der Waals surface area contributed by atoms with Crippen molar-refractivity contribution in [2.24, 2.45) is 0 Å². The molecule has 0 aliphatic heterocycles. The Morgan fingerprint density at radius 3 is 2.83 bits per heavy atom. The van der Waals surface area contributed by atoms with Crippen LogP contribution in [0.4, 0.5) is 5.95 Å². The molecule has 0 amide bonds. The van der Waals surface area contributed by atoms with Crippen LogP contribution < -0.4 is 0 Å². The van der Waals surface area contributed by atoms with Crippen molar-refractivity contribution < 1.29 is 0 Å². The third-order valence-electron chi connectivity index (χ3n) is 1.96. The molecule has 0 saturated heterocycles. The van der Waals surface area contributed by atoms with E-state index in [9.17, 15) is 0 Å². The smallest absolute Gasteiger partial charge is 0.372 e. The van der Waals surface area contributed by atoms with Gasteiger partial charge in [0.2, 0.25) is 0 Å². The Morgan fingerprint density at radius 2 is 2.25 bits per heavy atom. The van der Waals surface area contributed by atoms with Crippen molar-refractivity contribution in [3.05, 3.63) is 28.9 Å². The van der Waals surface area contributed by atoms with Gasteiger partial charge in [0.05, 0.1) is 5.69 Å². The fourth-order valence-electron chi connectivity index (χ4n) is 1.22. The number of rotatable bonds is 1. The maximum atomic E-state index is 6.80. The molecule has 1 aromatic heterocycles. The highest BCUT2D eigenvalue weighted by Gasteiger charge is 2.27. The van der Waals surface area contributed by atoms with Crippen LogP contribution in [0.2, 0.25) is 0 Å². The predicted octanol–water partition coefficient (Wildman–Crippen LogP) is 2.21. The summed E-state index contributed by atoms with van der Waals surface area (Å²) in [6.07, 6.45) is 2.43. The fraction of sp³-hybridized carbons (Fsp3) is 0.444. The average molecular weight is 159 g/mol. The maximum Gasteiger partial charge on any atom is 0.372 e. The van der Waals surface area contributed by atoms with Crippen LogP contribution in [0.5, 0.6) is 0 Å². The zero-order valence-electron chi connectivity index (χ0n) is 6.91. The quantitative estimate of drug-likeness (QED) is 0.588. The standard InChI is InChI=1S/C9H9N3/c1-6-5-8(7-3-4-7)12-9(10-2)11-6/h5,7H,3-4H2,1H3. The summed E-state index contributed by atoms with van der Waals surface area (Å²) in [5.74, 6) is 0.893. The molecule has 12 heavy (non-hydrogen) atoms. The molecule has 3 heteroatoms. The first kappa shape index (κ1) is 7.23. The third-order valence-corrected chi connectivity index (χ3v) is 1.96. The maximum absolute atomic E-state index is 6.80. The van der Waals surface area contributed by atoms with Crippen LogP contribution in [0.15, 0.2) is 6.07 Å². The highest BCUT2D eigenvalue weighted by molar-refractivity contribution is 5.31. The van der Waals surface area contributed by atoms with E-state index in [1.165, 1.54) is 12.8 Å². The molecule has 0 bridgehead atoms. The second-order valence-corrected chi connectivity index (χ2v) is 3.12. The Labute approximate surface area is 71.3 Å². The van der Waals surface area contributed by atoms with Crippen molar-refractivity contribution in [1.82, 2.24) is 9.97 Å². The second-order valence-electron chi connectivity index (χ2n) is 3.12. The topological polar surface area (TPSA) is 30.1 Å². The molecule has 1 aliphatic rings. The lowest BCUT2D eigenvalue weighted by molar-refractivity contribution is 0.982. The van der Waals surface area contributed by atoms with Gasteiger partial charge >= 0.3 is 5.95 Å². The monoisotopic (exact) mass is 159 g/mol. The molecule has 0 atom stereocenters. The molecule has 1 heterocycles. The zero-order valence-corrected chi connectivity index (χ0v) is 6.91. The molecule has 2 rings (SSSR count). The Kier molecular flexibility index (Phi) is 1.54. The minimum Gasteiger partial charge on any atom is -0.394 e. The molecular formula is C9H9N3. The summed E-state index contributed by atoms with van der Waals surface area (Å²) in [6.45, 7) is 8.70. The minimum atomic E-state index is 0.289. The number of hydrogen-bond acceptors (Lipinski definition) is 2. The lowest BCUT2D eigenvalue weighted by atomic mass is 10.2. The van der Waals surface area contributed by atoms with Gasteiger partial charge in [-0.15, -0.1) is 6.57 Å². The Morgan fingerprint density at radius 1 is 1.50 bits per heavy atom. The molecular weight excluding hydrogens is 150 g/mol. The summed E-state index contributed by atoms with van der Waals surface area (Å²) in [5, 5.41) is 0. The van der Waals surface area contributed by atoms with E-state index in [1.54, 1.807) is 0 Å². The van der Waals surface area contributed by atoms with E-state index in [0.29, 0.717) is 5.92 Å². The first-order valence-electron chi connectivity index (χ1n) is 4.02. The molecule has 0 unspecified atom stereocenters. The minimum absolute atomic E-state index is 0.289. The lowest BCUT2D eigenvalue weighted by Crippen LogP contribution is -1.90. The van der Waals surface area contributed by atoms with Crippen molar-refractivity contribution in [1.29, 1.82) is 0 Å². The van der Waals surface area contributed by atoms with E-state index < -0.39 is 0 Å². The van der Waals surface area contributed by atoms with E-state index in [4.69, 9.17) is 6.57 Å². The van der Waals surface area contributed by atoms with Gasteiger partial charge in [0.25, 0.3) is 0 Å². The zero-order chi connectivity index (χ0) is 8.55. The molecule has 1 aromatic rings. The number of nitrogens with zero attached hydrogens (tertiary/aromatic N) is 3. The number of aryl methyl sites for hydroxylation is 1. The van der Waals surface area contributed by atoms with Crippen molar-refractivity contribution in [2.45, 2.75) is 25.7 Å². The largest absolute Gasteiger partial charge is 0.394 e. The van der Waals surface area contributed by atoms with Gasteiger partial charge in [-0.25, -0.2) is 0 Å². The predicted molar refractivity (Wildman–Crippen MR) is 45.0 cm³/mol. The lowest BCUT2D eigenvalue weighted by Gasteiger charge is -1.95. The molecule has 0 N–H and O–H groups in total. The van der Waals surface area contributed by atoms with Crippen molar-refractivity contribution in [3.63, 3.8) is 0 Å². The molecule has 1 aliphatic carbocycles. The summed E-state index contributed by atoms with van der Waals surface area (Å²) < 4.78 is 0. The van der Waals surface area contributed by atoms with E-state index in [-0.39, 0.29) is 5.95 Å².